The number of nitrogens with one attached hydrogen (secondary N) is 1. The van der Waals surface area contributed by atoms with E-state index in [0.29, 0.717) is 12.5 Å². The maximum Gasteiger partial charge on any atom is 0.200 e. The fourth-order valence-electron chi connectivity index (χ4n) is 1.70. The van der Waals surface area contributed by atoms with Gasteiger partial charge in [0, 0.05) is 20.0 Å². The van der Waals surface area contributed by atoms with Crippen LogP contribution in [0.25, 0.3) is 0 Å². The molecule has 6 heteroatoms. The molecule has 0 radical (unpaired) electrons. The molecule has 1 aromatic heterocycles. The van der Waals surface area contributed by atoms with E-state index in [0.717, 1.165) is 24.7 Å². The van der Waals surface area contributed by atoms with Gasteiger partial charge in [-0.05, 0) is 19.1 Å². The molecule has 2 heterocycles. The van der Waals surface area contributed by atoms with E-state index in [2.05, 4.69) is 15.3 Å². The van der Waals surface area contributed by atoms with Crippen LogP contribution in [0, 0.1) is 0 Å². The van der Waals surface area contributed by atoms with Crippen molar-refractivity contribution in [3.8, 4) is 0 Å². The Morgan fingerprint density at radius 1 is 1.61 bits per heavy atom. The molecule has 0 spiro atoms. The number of aliphatic imine (C=N–C) groups is 2. The van der Waals surface area contributed by atoms with E-state index >= 15 is 0 Å². The fraction of sp³-hybridized carbons (Fsp3) is 0.500. The number of hydrogen-bond donors (Lipinski definition) is 2. The number of guanidine groups is 2. The molecular formula is C12H19N5O. The predicted molar refractivity (Wildman–Crippen MR) is 71.6 cm³/mol. The summed E-state index contributed by atoms with van der Waals surface area (Å²) in [7, 11) is 1.97. The van der Waals surface area contributed by atoms with Crippen LogP contribution in [0.3, 0.4) is 0 Å². The van der Waals surface area contributed by atoms with Crippen molar-refractivity contribution in [2.75, 3.05) is 20.1 Å². The Kier molecular flexibility index (Phi) is 3.86. The number of nitrogens with zero attached hydrogens (tertiary/aromatic N) is 3. The van der Waals surface area contributed by atoms with Crippen molar-refractivity contribution in [2.45, 2.75) is 19.4 Å². The molecule has 0 aromatic carbocycles. The molecule has 98 valence electrons. The molecule has 1 atom stereocenters. The molecule has 0 saturated heterocycles. The van der Waals surface area contributed by atoms with Crippen LogP contribution >= 0.6 is 0 Å². The van der Waals surface area contributed by atoms with Gasteiger partial charge in [0.05, 0.1) is 18.8 Å². The van der Waals surface area contributed by atoms with E-state index in [1.807, 2.05) is 31.0 Å². The number of rotatable bonds is 3. The zero-order chi connectivity index (χ0) is 13.0. The van der Waals surface area contributed by atoms with E-state index < -0.39 is 0 Å². The molecule has 6 nitrogen and oxygen atoms in total. The van der Waals surface area contributed by atoms with Gasteiger partial charge in [0.1, 0.15) is 5.76 Å². The van der Waals surface area contributed by atoms with Crippen LogP contribution in [0.2, 0.25) is 0 Å². The minimum atomic E-state index is 0.139. The van der Waals surface area contributed by atoms with E-state index in [-0.39, 0.29) is 6.04 Å². The predicted octanol–water partition coefficient (Wildman–Crippen LogP) is 0.416. The second-order valence-corrected chi connectivity index (χ2v) is 4.40. The van der Waals surface area contributed by atoms with Crippen molar-refractivity contribution >= 4 is 11.9 Å². The molecule has 1 aliphatic heterocycles. The fourth-order valence-corrected chi connectivity index (χ4v) is 1.70. The van der Waals surface area contributed by atoms with Crippen LogP contribution in [-0.4, -0.2) is 43.0 Å². The quantitative estimate of drug-likeness (QED) is 0.813. The summed E-state index contributed by atoms with van der Waals surface area (Å²) in [5.41, 5.74) is 5.73. The first-order valence-electron chi connectivity index (χ1n) is 6.03. The second kappa shape index (κ2) is 5.57. The Morgan fingerprint density at radius 2 is 2.44 bits per heavy atom. The van der Waals surface area contributed by atoms with Crippen molar-refractivity contribution in [3.63, 3.8) is 0 Å². The van der Waals surface area contributed by atoms with E-state index in [4.69, 9.17) is 10.2 Å². The average Bonchev–Trinajstić information content (AvgIpc) is 2.79. The molecule has 0 fully saturated rings. The summed E-state index contributed by atoms with van der Waals surface area (Å²) in [5.74, 6) is 2.14. The molecule has 0 saturated carbocycles. The first-order valence-corrected chi connectivity index (χ1v) is 6.03. The van der Waals surface area contributed by atoms with Gasteiger partial charge in [-0.2, -0.15) is 0 Å². The van der Waals surface area contributed by atoms with Gasteiger partial charge in [0.15, 0.2) is 5.96 Å². The van der Waals surface area contributed by atoms with Crippen molar-refractivity contribution in [1.82, 2.24) is 10.2 Å². The first-order chi connectivity index (χ1) is 8.65. The lowest BCUT2D eigenvalue weighted by atomic mass is 10.3. The Balaban J connectivity index is 1.95. The summed E-state index contributed by atoms with van der Waals surface area (Å²) in [6.07, 6.45) is 2.51. The van der Waals surface area contributed by atoms with E-state index in [1.54, 1.807) is 6.26 Å². The standard InChI is InChI=1S/C12H19N5O/c1-9-8-14-11(13)16-12(15-9)17(2)6-5-10-4-3-7-18-10/h3-4,7,9H,5-6,8H2,1-2H3,(H3,13,14,15,16). The van der Waals surface area contributed by atoms with Crippen LogP contribution in [-0.2, 0) is 6.42 Å². The number of likely N-dealkylation sites (N-methyl/N-ethyl adjacent to an activating group) is 1. The van der Waals surface area contributed by atoms with Crippen molar-refractivity contribution in [1.29, 1.82) is 0 Å². The molecule has 1 aromatic rings. The number of nitrogens with two attached hydrogens (primary N) is 1. The van der Waals surface area contributed by atoms with Crippen LogP contribution in [0.15, 0.2) is 32.8 Å². The van der Waals surface area contributed by atoms with Gasteiger partial charge >= 0.3 is 0 Å². The van der Waals surface area contributed by atoms with Gasteiger partial charge < -0.3 is 15.1 Å². The van der Waals surface area contributed by atoms with Gasteiger partial charge in [-0.25, -0.2) is 4.99 Å². The summed E-state index contributed by atoms with van der Waals surface area (Å²) in [4.78, 5) is 10.7. The lowest BCUT2D eigenvalue weighted by Gasteiger charge is -2.21. The highest BCUT2D eigenvalue weighted by molar-refractivity contribution is 5.98. The molecule has 1 aliphatic rings. The Labute approximate surface area is 107 Å². The second-order valence-electron chi connectivity index (χ2n) is 4.40. The summed E-state index contributed by atoms with van der Waals surface area (Å²) >= 11 is 0. The normalized spacial score (nSPS) is 19.6. The molecule has 0 amide bonds. The van der Waals surface area contributed by atoms with Gasteiger partial charge in [0.25, 0.3) is 0 Å². The topological polar surface area (TPSA) is 79.1 Å². The summed E-state index contributed by atoms with van der Waals surface area (Å²) in [5, 5.41) is 3.01. The van der Waals surface area contributed by atoms with E-state index in [1.165, 1.54) is 0 Å². The molecule has 18 heavy (non-hydrogen) atoms. The lowest BCUT2D eigenvalue weighted by molar-refractivity contribution is 0.443. The van der Waals surface area contributed by atoms with Crippen molar-refractivity contribution in [3.05, 3.63) is 24.2 Å². The Bertz CT molecular complexity index is 437. The minimum absolute atomic E-state index is 0.139. The molecule has 0 aliphatic carbocycles. The zero-order valence-corrected chi connectivity index (χ0v) is 10.8. The highest BCUT2D eigenvalue weighted by Gasteiger charge is 2.13. The molecule has 3 N–H and O–H groups in total. The maximum atomic E-state index is 5.73. The highest BCUT2D eigenvalue weighted by Crippen LogP contribution is 2.03. The van der Waals surface area contributed by atoms with Crippen LogP contribution in [0.5, 0.6) is 0 Å². The molecule has 0 bridgehead atoms. The third kappa shape index (κ3) is 3.26. The smallest absolute Gasteiger partial charge is 0.200 e. The van der Waals surface area contributed by atoms with Gasteiger partial charge in [-0.3, -0.25) is 10.3 Å². The average molecular weight is 249 g/mol. The van der Waals surface area contributed by atoms with Gasteiger partial charge in [0.2, 0.25) is 5.96 Å². The monoisotopic (exact) mass is 249 g/mol. The minimum Gasteiger partial charge on any atom is -0.469 e. The largest absolute Gasteiger partial charge is 0.469 e. The van der Waals surface area contributed by atoms with Crippen LogP contribution in [0.1, 0.15) is 12.7 Å². The Hall–Kier alpha value is -1.98. The number of hydrogen-bond acceptors (Lipinski definition) is 6. The molecule has 2 rings (SSSR count). The SMILES string of the molecule is CC1CN=C(N)NC(N(C)CCc2ccco2)=N1. The van der Waals surface area contributed by atoms with Crippen molar-refractivity contribution in [2.24, 2.45) is 15.7 Å². The third-order valence-electron chi connectivity index (χ3n) is 2.74. The Morgan fingerprint density at radius 3 is 3.17 bits per heavy atom. The summed E-state index contributed by atoms with van der Waals surface area (Å²) < 4.78 is 5.30. The lowest BCUT2D eigenvalue weighted by Crippen LogP contribution is -2.45. The van der Waals surface area contributed by atoms with E-state index in [9.17, 15) is 0 Å². The summed E-state index contributed by atoms with van der Waals surface area (Å²) in [6.45, 7) is 3.44. The van der Waals surface area contributed by atoms with Crippen molar-refractivity contribution < 1.29 is 4.42 Å². The molecular weight excluding hydrogens is 230 g/mol. The highest BCUT2D eigenvalue weighted by atomic mass is 16.3. The maximum absolute atomic E-state index is 5.73. The zero-order valence-electron chi connectivity index (χ0n) is 10.8. The molecule has 1 unspecified atom stereocenters. The summed E-state index contributed by atoms with van der Waals surface area (Å²) in [6, 6.07) is 4.00. The third-order valence-corrected chi connectivity index (χ3v) is 2.74. The van der Waals surface area contributed by atoms with Gasteiger partial charge in [-0.1, -0.05) is 0 Å². The van der Waals surface area contributed by atoms with Gasteiger partial charge in [-0.15, -0.1) is 0 Å². The van der Waals surface area contributed by atoms with Crippen LogP contribution < -0.4 is 11.1 Å². The first kappa shape index (κ1) is 12.5. The van der Waals surface area contributed by atoms with Crippen LogP contribution in [0.4, 0.5) is 0 Å². The number of furan rings is 1.